The minimum absolute atomic E-state index is 0.0215. The zero-order chi connectivity index (χ0) is 18.6. The number of nitrogens with zero attached hydrogens (tertiary/aromatic N) is 1. The molecule has 3 aliphatic rings. The highest BCUT2D eigenvalue weighted by molar-refractivity contribution is 5.81. The summed E-state index contributed by atoms with van der Waals surface area (Å²) in [4.78, 5) is 25.7. The molecular weight excluding hydrogens is 342 g/mol. The third-order valence-electron chi connectivity index (χ3n) is 6.47. The van der Waals surface area contributed by atoms with Crippen molar-refractivity contribution in [2.45, 2.75) is 18.8 Å². The number of likely N-dealkylation sites (tertiary alicyclic amines) is 1. The van der Waals surface area contributed by atoms with Gasteiger partial charge in [0.25, 0.3) is 0 Å². The monoisotopic (exact) mass is 363 g/mol. The van der Waals surface area contributed by atoms with Crippen LogP contribution in [0.15, 0.2) is 48.5 Å². The number of carbonyl (C=O) groups is 2. The predicted molar refractivity (Wildman–Crippen MR) is 99.4 cm³/mol. The van der Waals surface area contributed by atoms with E-state index in [1.165, 1.54) is 22.3 Å². The van der Waals surface area contributed by atoms with Crippen LogP contribution in [-0.4, -0.2) is 41.8 Å². The summed E-state index contributed by atoms with van der Waals surface area (Å²) in [6, 6.07) is 16.4. The minimum Gasteiger partial charge on any atom is -0.481 e. The Morgan fingerprint density at radius 1 is 1.07 bits per heavy atom. The van der Waals surface area contributed by atoms with Gasteiger partial charge in [0.15, 0.2) is 0 Å². The molecule has 1 aliphatic heterocycles. The molecule has 0 aromatic heterocycles. The number of rotatable bonds is 3. The Morgan fingerprint density at radius 3 is 2.33 bits per heavy atom. The minimum atomic E-state index is -0.788. The molecule has 1 N–H and O–H groups in total. The number of piperidine rings is 1. The lowest BCUT2D eigenvalue weighted by molar-refractivity contribution is -0.145. The molecule has 0 radical (unpaired) electrons. The van der Waals surface area contributed by atoms with Crippen LogP contribution in [0, 0.1) is 11.3 Å². The van der Waals surface area contributed by atoms with Crippen LogP contribution >= 0.6 is 0 Å². The summed E-state index contributed by atoms with van der Waals surface area (Å²) < 4.78 is 5.66. The number of hydrogen-bond acceptors (Lipinski definition) is 3. The van der Waals surface area contributed by atoms with Crippen LogP contribution in [0.25, 0.3) is 11.1 Å². The first-order chi connectivity index (χ1) is 13.1. The van der Waals surface area contributed by atoms with Crippen molar-refractivity contribution < 1.29 is 19.4 Å². The van der Waals surface area contributed by atoms with Crippen LogP contribution in [0.3, 0.4) is 0 Å². The number of carboxylic acids is 1. The van der Waals surface area contributed by atoms with E-state index in [0.717, 1.165) is 6.42 Å². The van der Waals surface area contributed by atoms with E-state index in [-0.39, 0.29) is 25.0 Å². The SMILES string of the molecule is O=C(OCC1c2ccccc2-c2ccccc21)N1CCC2CC2(C(=O)O)C1. The Hall–Kier alpha value is -2.82. The van der Waals surface area contributed by atoms with Crippen LogP contribution in [0.2, 0.25) is 0 Å². The van der Waals surface area contributed by atoms with E-state index in [1.807, 2.05) is 24.3 Å². The molecule has 1 heterocycles. The summed E-state index contributed by atoms with van der Waals surface area (Å²) in [5.41, 5.74) is 4.00. The van der Waals surface area contributed by atoms with Crippen LogP contribution in [0.4, 0.5) is 4.79 Å². The van der Waals surface area contributed by atoms with Crippen molar-refractivity contribution in [3.8, 4) is 11.1 Å². The second kappa shape index (κ2) is 5.84. The maximum absolute atomic E-state index is 12.6. The molecular formula is C22H21NO4. The Labute approximate surface area is 157 Å². The topological polar surface area (TPSA) is 66.8 Å². The number of fused-ring (bicyclic) bond motifs is 4. The van der Waals surface area contributed by atoms with Gasteiger partial charge in [-0.25, -0.2) is 4.79 Å². The van der Waals surface area contributed by atoms with Gasteiger partial charge >= 0.3 is 12.1 Å². The fourth-order valence-electron chi connectivity index (χ4n) is 4.85. The average molecular weight is 363 g/mol. The van der Waals surface area contributed by atoms with Crippen LogP contribution in [0.1, 0.15) is 29.9 Å². The molecule has 2 aromatic carbocycles. The van der Waals surface area contributed by atoms with Crippen molar-refractivity contribution >= 4 is 12.1 Å². The summed E-state index contributed by atoms with van der Waals surface area (Å²) >= 11 is 0. The maximum atomic E-state index is 12.6. The zero-order valence-electron chi connectivity index (χ0n) is 14.9. The Bertz CT molecular complexity index is 894. The molecule has 2 aliphatic carbocycles. The van der Waals surface area contributed by atoms with Gasteiger partial charge in [-0.3, -0.25) is 4.79 Å². The van der Waals surface area contributed by atoms with Crippen molar-refractivity contribution in [1.82, 2.24) is 4.90 Å². The number of carbonyl (C=O) groups excluding carboxylic acids is 1. The molecule has 0 bridgehead atoms. The highest BCUT2D eigenvalue weighted by Crippen LogP contribution is 2.57. The Kier molecular flexibility index (Phi) is 3.54. The highest BCUT2D eigenvalue weighted by atomic mass is 16.6. The van der Waals surface area contributed by atoms with Gasteiger partial charge in [-0.1, -0.05) is 48.5 Å². The fourth-order valence-corrected chi connectivity index (χ4v) is 4.85. The number of hydrogen-bond donors (Lipinski definition) is 1. The van der Waals surface area contributed by atoms with Gasteiger partial charge in [-0.2, -0.15) is 0 Å². The lowest BCUT2D eigenvalue weighted by Crippen LogP contribution is -2.44. The first-order valence-corrected chi connectivity index (χ1v) is 9.43. The molecule has 0 spiro atoms. The standard InChI is InChI=1S/C22H21NO4/c24-20(25)22-11-14(22)9-10-23(13-22)21(26)27-12-19-17-7-3-1-5-15(17)16-6-2-4-8-18(16)19/h1-8,14,19H,9-13H2,(H,24,25). The molecule has 5 heteroatoms. The maximum Gasteiger partial charge on any atom is 0.409 e. The van der Waals surface area contributed by atoms with Crippen molar-refractivity contribution in [2.24, 2.45) is 11.3 Å². The molecule has 2 aromatic rings. The quantitative estimate of drug-likeness (QED) is 0.902. The van der Waals surface area contributed by atoms with Gasteiger partial charge in [-0.15, -0.1) is 0 Å². The number of amides is 1. The Balaban J connectivity index is 1.32. The molecule has 138 valence electrons. The van der Waals surface area contributed by atoms with Crippen LogP contribution in [-0.2, 0) is 9.53 Å². The summed E-state index contributed by atoms with van der Waals surface area (Å²) in [5, 5.41) is 9.48. The smallest absolute Gasteiger partial charge is 0.409 e. The summed E-state index contributed by atoms with van der Waals surface area (Å²) in [6.45, 7) is 1.12. The molecule has 2 unspecified atom stereocenters. The first kappa shape index (κ1) is 16.4. The molecule has 5 rings (SSSR count). The largest absolute Gasteiger partial charge is 0.481 e. The molecule has 27 heavy (non-hydrogen) atoms. The molecule has 1 saturated heterocycles. The average Bonchev–Trinajstić information content (AvgIpc) is 3.36. The number of ether oxygens (including phenoxy) is 1. The third-order valence-corrected chi connectivity index (χ3v) is 6.47. The van der Waals surface area contributed by atoms with Gasteiger partial charge in [0.2, 0.25) is 0 Å². The molecule has 1 amide bonds. The Morgan fingerprint density at radius 2 is 1.70 bits per heavy atom. The second-order valence-electron chi connectivity index (χ2n) is 7.88. The van der Waals surface area contributed by atoms with Gasteiger partial charge < -0.3 is 14.7 Å². The lowest BCUT2D eigenvalue weighted by Gasteiger charge is -2.30. The van der Waals surface area contributed by atoms with E-state index in [9.17, 15) is 14.7 Å². The zero-order valence-corrected chi connectivity index (χ0v) is 14.9. The predicted octanol–water partition coefficient (Wildman–Crippen LogP) is 3.73. The lowest BCUT2D eigenvalue weighted by atomic mass is 9.97. The van der Waals surface area contributed by atoms with Gasteiger partial charge in [0.1, 0.15) is 6.61 Å². The van der Waals surface area contributed by atoms with E-state index in [0.29, 0.717) is 13.0 Å². The second-order valence-corrected chi connectivity index (χ2v) is 7.88. The summed E-state index contributed by atoms with van der Waals surface area (Å²) in [7, 11) is 0. The van der Waals surface area contributed by atoms with Crippen LogP contribution < -0.4 is 0 Å². The van der Waals surface area contributed by atoms with Crippen molar-refractivity contribution in [3.05, 3.63) is 59.7 Å². The number of carboxylic acid groups (broad SMARTS) is 1. The fraction of sp³-hybridized carbons (Fsp3) is 0.364. The van der Waals surface area contributed by atoms with E-state index in [1.54, 1.807) is 4.90 Å². The summed E-state index contributed by atoms with van der Waals surface area (Å²) in [5.74, 6) is -0.551. The number of aliphatic carboxylic acids is 1. The summed E-state index contributed by atoms with van der Waals surface area (Å²) in [6.07, 6.45) is 1.02. The van der Waals surface area contributed by atoms with Crippen LogP contribution in [0.5, 0.6) is 0 Å². The first-order valence-electron chi connectivity index (χ1n) is 9.43. The molecule has 2 fully saturated rings. The van der Waals surface area contributed by atoms with Crippen molar-refractivity contribution in [2.75, 3.05) is 19.7 Å². The normalized spacial score (nSPS) is 25.3. The van der Waals surface area contributed by atoms with Gasteiger partial charge in [0.05, 0.1) is 5.41 Å². The van der Waals surface area contributed by atoms with E-state index < -0.39 is 17.5 Å². The van der Waals surface area contributed by atoms with Gasteiger partial charge in [0, 0.05) is 19.0 Å². The number of benzene rings is 2. The van der Waals surface area contributed by atoms with E-state index >= 15 is 0 Å². The molecule has 2 atom stereocenters. The molecule has 5 nitrogen and oxygen atoms in total. The third kappa shape index (κ3) is 2.45. The van der Waals surface area contributed by atoms with Gasteiger partial charge in [-0.05, 0) is 41.0 Å². The van der Waals surface area contributed by atoms with Crippen molar-refractivity contribution in [1.29, 1.82) is 0 Å². The van der Waals surface area contributed by atoms with Crippen molar-refractivity contribution in [3.63, 3.8) is 0 Å². The molecule has 1 saturated carbocycles. The van der Waals surface area contributed by atoms with E-state index in [2.05, 4.69) is 24.3 Å². The highest BCUT2D eigenvalue weighted by Gasteiger charge is 2.63. The van der Waals surface area contributed by atoms with E-state index in [4.69, 9.17) is 4.74 Å².